The lowest BCUT2D eigenvalue weighted by atomic mass is 10.2. The minimum Gasteiger partial charge on any atom is -0.330 e. The summed E-state index contributed by atoms with van der Waals surface area (Å²) < 4.78 is 0. The summed E-state index contributed by atoms with van der Waals surface area (Å²) in [6.45, 7) is 2.50. The highest BCUT2D eigenvalue weighted by molar-refractivity contribution is 6.33. The largest absolute Gasteiger partial charge is 0.330 e. The fraction of sp³-hybridized carbons (Fsp3) is 0.467. The minimum absolute atomic E-state index is 0.0784. The van der Waals surface area contributed by atoms with Crippen LogP contribution in [-0.4, -0.2) is 18.4 Å². The maximum Gasteiger partial charge on any atom is 0.224 e. The number of nitrogens with two attached hydrogens (primary N) is 1. The van der Waals surface area contributed by atoms with Gasteiger partial charge < -0.3 is 16.4 Å². The third-order valence-electron chi connectivity index (χ3n) is 2.89. The molecule has 0 bridgehead atoms. The van der Waals surface area contributed by atoms with E-state index >= 15 is 0 Å². The van der Waals surface area contributed by atoms with Gasteiger partial charge >= 0.3 is 0 Å². The van der Waals surface area contributed by atoms with Crippen molar-refractivity contribution in [2.75, 3.05) is 17.2 Å². The number of carbonyl (C=O) groups is 2. The van der Waals surface area contributed by atoms with Crippen LogP contribution < -0.4 is 16.4 Å². The molecule has 0 aliphatic heterocycles. The normalized spacial score (nSPS) is 10.2. The van der Waals surface area contributed by atoms with Crippen molar-refractivity contribution >= 4 is 34.8 Å². The van der Waals surface area contributed by atoms with E-state index in [1.165, 1.54) is 0 Å². The van der Waals surface area contributed by atoms with Gasteiger partial charge in [-0.05, 0) is 37.6 Å². The predicted octanol–water partition coefficient (Wildman–Crippen LogP) is 3.15. The quantitative estimate of drug-likeness (QED) is 0.689. The van der Waals surface area contributed by atoms with Gasteiger partial charge in [0.25, 0.3) is 0 Å². The van der Waals surface area contributed by atoms with Crippen LogP contribution in [0.1, 0.15) is 39.0 Å². The third kappa shape index (κ3) is 6.60. The van der Waals surface area contributed by atoms with Gasteiger partial charge in [0.15, 0.2) is 0 Å². The topological polar surface area (TPSA) is 84.2 Å². The molecule has 0 heterocycles. The van der Waals surface area contributed by atoms with E-state index in [1.807, 2.05) is 6.92 Å². The zero-order valence-corrected chi connectivity index (χ0v) is 13.0. The Balaban J connectivity index is 2.66. The molecular weight excluding hydrogens is 290 g/mol. The lowest BCUT2D eigenvalue weighted by Gasteiger charge is -2.10. The smallest absolute Gasteiger partial charge is 0.224 e. The summed E-state index contributed by atoms with van der Waals surface area (Å²) in [4.78, 5) is 23.4. The summed E-state index contributed by atoms with van der Waals surface area (Å²) >= 11 is 6.05. The number of amides is 2. The Labute approximate surface area is 130 Å². The molecule has 0 aliphatic rings. The minimum atomic E-state index is -0.106. The summed E-state index contributed by atoms with van der Waals surface area (Å²) in [5, 5.41) is 5.96. The summed E-state index contributed by atoms with van der Waals surface area (Å²) in [6.07, 6.45) is 3.26. The van der Waals surface area contributed by atoms with Gasteiger partial charge in [-0.15, -0.1) is 0 Å². The number of hydrogen-bond acceptors (Lipinski definition) is 3. The molecule has 6 heteroatoms. The third-order valence-corrected chi connectivity index (χ3v) is 3.22. The molecule has 116 valence electrons. The van der Waals surface area contributed by atoms with Crippen LogP contribution in [0.2, 0.25) is 5.02 Å². The number of anilines is 2. The highest BCUT2D eigenvalue weighted by Crippen LogP contribution is 2.26. The van der Waals surface area contributed by atoms with Crippen LogP contribution in [0.3, 0.4) is 0 Å². The molecule has 1 rings (SSSR count). The van der Waals surface area contributed by atoms with E-state index in [-0.39, 0.29) is 11.8 Å². The van der Waals surface area contributed by atoms with Gasteiger partial charge in [-0.1, -0.05) is 24.9 Å². The van der Waals surface area contributed by atoms with Gasteiger partial charge in [0.2, 0.25) is 11.8 Å². The standard InChI is InChI=1S/C15H22ClN3O2/c1-2-3-5-15(21)19-13-10-11(7-8-12(13)16)18-14(20)6-4-9-17/h7-8,10H,2-6,9,17H2,1H3,(H,18,20)(H,19,21). The molecule has 1 aromatic rings. The number of nitrogens with one attached hydrogen (secondary N) is 2. The van der Waals surface area contributed by atoms with E-state index in [0.717, 1.165) is 12.8 Å². The molecule has 0 fully saturated rings. The maximum atomic E-state index is 11.7. The van der Waals surface area contributed by atoms with Gasteiger partial charge in [0, 0.05) is 18.5 Å². The van der Waals surface area contributed by atoms with Crippen LogP contribution in [0.5, 0.6) is 0 Å². The molecule has 4 N–H and O–H groups in total. The summed E-state index contributed by atoms with van der Waals surface area (Å²) in [5.41, 5.74) is 6.48. The van der Waals surface area contributed by atoms with Gasteiger partial charge in [-0.25, -0.2) is 0 Å². The second kappa shape index (κ2) is 9.37. The Hall–Kier alpha value is -1.59. The van der Waals surface area contributed by atoms with Crippen LogP contribution in [0.15, 0.2) is 18.2 Å². The van der Waals surface area contributed by atoms with Crippen LogP contribution in [0.25, 0.3) is 0 Å². The number of halogens is 1. The van der Waals surface area contributed by atoms with Gasteiger partial charge in [0.1, 0.15) is 0 Å². The monoisotopic (exact) mass is 311 g/mol. The first-order valence-corrected chi connectivity index (χ1v) is 7.54. The SMILES string of the molecule is CCCCC(=O)Nc1cc(NC(=O)CCCN)ccc1Cl. The Morgan fingerprint density at radius 3 is 2.48 bits per heavy atom. The predicted molar refractivity (Wildman–Crippen MR) is 86.5 cm³/mol. The van der Waals surface area contributed by atoms with Crippen LogP contribution in [0, 0.1) is 0 Å². The average molecular weight is 312 g/mol. The number of rotatable bonds is 8. The molecule has 5 nitrogen and oxygen atoms in total. The van der Waals surface area contributed by atoms with Crippen molar-refractivity contribution in [3.8, 4) is 0 Å². The molecule has 0 spiro atoms. The number of carbonyl (C=O) groups excluding carboxylic acids is 2. The molecule has 0 atom stereocenters. The molecule has 0 saturated carbocycles. The summed E-state index contributed by atoms with van der Waals surface area (Å²) in [7, 11) is 0. The van der Waals surface area contributed by atoms with Crippen molar-refractivity contribution in [1.82, 2.24) is 0 Å². The molecule has 0 unspecified atom stereocenters. The van der Waals surface area contributed by atoms with E-state index in [4.69, 9.17) is 17.3 Å². The van der Waals surface area contributed by atoms with Crippen molar-refractivity contribution in [2.45, 2.75) is 39.0 Å². The maximum absolute atomic E-state index is 11.7. The molecule has 1 aromatic carbocycles. The molecule has 0 saturated heterocycles. The van der Waals surface area contributed by atoms with Crippen molar-refractivity contribution in [1.29, 1.82) is 0 Å². The molecule has 0 aromatic heterocycles. The lowest BCUT2D eigenvalue weighted by molar-refractivity contribution is -0.117. The van der Waals surface area contributed by atoms with Crippen molar-refractivity contribution < 1.29 is 9.59 Å². The van der Waals surface area contributed by atoms with Crippen LogP contribution >= 0.6 is 11.6 Å². The Kier molecular flexibility index (Phi) is 7.79. The highest BCUT2D eigenvalue weighted by atomic mass is 35.5. The second-order valence-electron chi connectivity index (χ2n) is 4.79. The van der Waals surface area contributed by atoms with Gasteiger partial charge in [0.05, 0.1) is 10.7 Å². The molecule has 0 aliphatic carbocycles. The molecule has 2 amide bonds. The van der Waals surface area contributed by atoms with Gasteiger partial charge in [-0.2, -0.15) is 0 Å². The number of hydrogen-bond donors (Lipinski definition) is 3. The molecular formula is C15H22ClN3O2. The Morgan fingerprint density at radius 1 is 1.14 bits per heavy atom. The molecule has 0 radical (unpaired) electrons. The zero-order chi connectivity index (χ0) is 15.7. The Bertz CT molecular complexity index is 492. The van der Waals surface area contributed by atoms with E-state index < -0.39 is 0 Å². The van der Waals surface area contributed by atoms with E-state index in [1.54, 1.807) is 18.2 Å². The second-order valence-corrected chi connectivity index (χ2v) is 5.19. The summed E-state index contributed by atoms with van der Waals surface area (Å²) in [6, 6.07) is 5.01. The van der Waals surface area contributed by atoms with Crippen molar-refractivity contribution in [3.05, 3.63) is 23.2 Å². The van der Waals surface area contributed by atoms with Gasteiger partial charge in [-0.3, -0.25) is 9.59 Å². The first-order valence-electron chi connectivity index (χ1n) is 7.16. The molecule has 21 heavy (non-hydrogen) atoms. The number of unbranched alkanes of at least 4 members (excludes halogenated alkanes) is 1. The Morgan fingerprint density at radius 2 is 1.81 bits per heavy atom. The van der Waals surface area contributed by atoms with E-state index in [0.29, 0.717) is 42.2 Å². The fourth-order valence-electron chi connectivity index (χ4n) is 1.73. The average Bonchev–Trinajstić information content (AvgIpc) is 2.46. The summed E-state index contributed by atoms with van der Waals surface area (Å²) in [5.74, 6) is -0.184. The van der Waals surface area contributed by atoms with Crippen molar-refractivity contribution in [3.63, 3.8) is 0 Å². The van der Waals surface area contributed by atoms with E-state index in [9.17, 15) is 9.59 Å². The highest BCUT2D eigenvalue weighted by Gasteiger charge is 2.08. The fourth-order valence-corrected chi connectivity index (χ4v) is 1.90. The first kappa shape index (κ1) is 17.5. The lowest BCUT2D eigenvalue weighted by Crippen LogP contribution is -2.14. The first-order chi connectivity index (χ1) is 10.1. The zero-order valence-electron chi connectivity index (χ0n) is 12.2. The van der Waals surface area contributed by atoms with E-state index in [2.05, 4.69) is 10.6 Å². The van der Waals surface area contributed by atoms with Crippen molar-refractivity contribution in [2.24, 2.45) is 5.73 Å². The number of benzene rings is 1. The van der Waals surface area contributed by atoms with Crippen LogP contribution in [0.4, 0.5) is 11.4 Å². The van der Waals surface area contributed by atoms with Crippen LogP contribution in [-0.2, 0) is 9.59 Å².